The number of halogens is 1. The Bertz CT molecular complexity index is 1160. The minimum Gasteiger partial charge on any atom is -0.379 e. The minimum absolute atomic E-state index is 0.00991. The van der Waals surface area contributed by atoms with Gasteiger partial charge in [-0.25, -0.2) is 4.99 Å². The fourth-order valence-electron chi connectivity index (χ4n) is 6.04. The van der Waals surface area contributed by atoms with Crippen LogP contribution in [0.2, 0.25) is 0 Å². The second-order valence-electron chi connectivity index (χ2n) is 12.1. The van der Waals surface area contributed by atoms with Gasteiger partial charge < -0.3 is 25.0 Å². The van der Waals surface area contributed by atoms with Gasteiger partial charge in [-0.3, -0.25) is 19.3 Å². The lowest BCUT2D eigenvalue weighted by molar-refractivity contribution is -0.130. The third-order valence-corrected chi connectivity index (χ3v) is 8.93. The van der Waals surface area contributed by atoms with Gasteiger partial charge in [0.05, 0.1) is 19.8 Å². The summed E-state index contributed by atoms with van der Waals surface area (Å²) in [6.45, 7) is 6.58. The Morgan fingerprint density at radius 3 is 2.36 bits per heavy atom. The van der Waals surface area contributed by atoms with Gasteiger partial charge in [0.15, 0.2) is 0 Å². The van der Waals surface area contributed by atoms with Gasteiger partial charge in [-0.05, 0) is 82.1 Å². The number of carbonyl (C=O) groups excluding carboxylic acids is 3. The lowest BCUT2D eigenvalue weighted by Gasteiger charge is -2.29. The molecule has 0 aromatic heterocycles. The fourth-order valence-corrected chi connectivity index (χ4v) is 6.23. The van der Waals surface area contributed by atoms with Crippen molar-refractivity contribution in [3.63, 3.8) is 0 Å². The molecule has 1 saturated carbocycles. The molecule has 3 amide bonds. The van der Waals surface area contributed by atoms with Crippen LogP contribution >= 0.6 is 11.6 Å². The second kappa shape index (κ2) is 18.9. The van der Waals surface area contributed by atoms with Gasteiger partial charge in [0.25, 0.3) is 5.91 Å². The van der Waals surface area contributed by atoms with E-state index in [4.69, 9.17) is 21.1 Å². The summed E-state index contributed by atoms with van der Waals surface area (Å²) in [7, 11) is 0. The van der Waals surface area contributed by atoms with Gasteiger partial charge in [0, 0.05) is 49.8 Å². The van der Waals surface area contributed by atoms with E-state index in [9.17, 15) is 14.4 Å². The molecule has 1 aromatic rings. The number of benzene rings is 1. The zero-order valence-electron chi connectivity index (χ0n) is 26.7. The van der Waals surface area contributed by atoms with E-state index in [1.54, 1.807) is 13.0 Å². The number of nitrogens with one attached hydrogen (secondary N) is 2. The quantitative estimate of drug-likeness (QED) is 0.138. The summed E-state index contributed by atoms with van der Waals surface area (Å²) in [6, 6.07) is 8.16. The Hall–Kier alpha value is -2.95. The highest BCUT2D eigenvalue weighted by Gasteiger charge is 2.31. The van der Waals surface area contributed by atoms with Crippen molar-refractivity contribution in [2.24, 2.45) is 10.9 Å². The molecule has 0 spiro atoms. The lowest BCUT2D eigenvalue weighted by atomic mass is 9.85. The molecule has 1 aliphatic carbocycles. The predicted octanol–water partition coefficient (Wildman–Crippen LogP) is 4.51. The van der Waals surface area contributed by atoms with E-state index in [0.29, 0.717) is 50.7 Å². The maximum atomic E-state index is 13.1. The van der Waals surface area contributed by atoms with Crippen molar-refractivity contribution in [1.29, 1.82) is 0 Å². The number of ether oxygens (including phenoxy) is 2. The second-order valence-corrected chi connectivity index (χ2v) is 12.5. The third kappa shape index (κ3) is 11.4. The number of unbranched alkanes of at least 4 members (excludes halogenated alkanes) is 3. The first-order valence-electron chi connectivity index (χ1n) is 16.7. The van der Waals surface area contributed by atoms with Crippen molar-refractivity contribution in [2.45, 2.75) is 77.2 Å². The highest BCUT2D eigenvalue weighted by atomic mass is 35.5. The number of nitrogens with zero attached hydrogens (tertiary/aromatic N) is 3. The average molecular weight is 644 g/mol. The van der Waals surface area contributed by atoms with Crippen molar-refractivity contribution in [3.05, 3.63) is 35.5 Å². The van der Waals surface area contributed by atoms with Crippen LogP contribution in [0.3, 0.4) is 0 Å². The van der Waals surface area contributed by atoms with Crippen molar-refractivity contribution < 1.29 is 23.9 Å². The maximum absolute atomic E-state index is 13.1. The molecule has 2 fully saturated rings. The van der Waals surface area contributed by atoms with E-state index in [2.05, 4.69) is 32.7 Å². The summed E-state index contributed by atoms with van der Waals surface area (Å²) in [4.78, 5) is 46.7. The Morgan fingerprint density at radius 1 is 0.956 bits per heavy atom. The van der Waals surface area contributed by atoms with Crippen LogP contribution in [0.15, 0.2) is 35.0 Å². The number of rotatable bonds is 18. The average Bonchev–Trinajstić information content (AvgIpc) is 3.67. The molecule has 0 unspecified atom stereocenters. The smallest absolute Gasteiger partial charge is 0.278 e. The van der Waals surface area contributed by atoms with Crippen molar-refractivity contribution in [3.8, 4) is 0 Å². The van der Waals surface area contributed by atoms with Gasteiger partial charge >= 0.3 is 0 Å². The number of hydrogen-bond acceptors (Lipinski definition) is 7. The summed E-state index contributed by atoms with van der Waals surface area (Å²) in [5.41, 5.74) is 2.44. The predicted molar refractivity (Wildman–Crippen MR) is 178 cm³/mol. The Balaban J connectivity index is 1.08. The first-order valence-corrected chi connectivity index (χ1v) is 17.2. The number of hydrogen-bond donors (Lipinski definition) is 2. The number of aliphatic imine (C=N–C) groups is 1. The lowest BCUT2D eigenvalue weighted by Crippen LogP contribution is -2.46. The summed E-state index contributed by atoms with van der Waals surface area (Å²) in [5.74, 6) is 0.731. The zero-order chi connectivity index (χ0) is 31.9. The van der Waals surface area contributed by atoms with Crippen LogP contribution in [-0.2, 0) is 23.9 Å². The molecule has 45 heavy (non-hydrogen) atoms. The molecule has 2 aliphatic heterocycles. The molecule has 0 atom stereocenters. The summed E-state index contributed by atoms with van der Waals surface area (Å²) >= 11 is 5.67. The molecule has 1 saturated heterocycles. The Labute approximate surface area is 272 Å². The summed E-state index contributed by atoms with van der Waals surface area (Å²) in [6.07, 6.45) is 11.5. The molecule has 2 N–H and O–H groups in total. The molecule has 10 nitrogen and oxygen atoms in total. The molecule has 248 valence electrons. The molecule has 4 rings (SSSR count). The van der Waals surface area contributed by atoms with E-state index >= 15 is 0 Å². The Kier molecular flexibility index (Phi) is 14.7. The van der Waals surface area contributed by atoms with E-state index in [-0.39, 0.29) is 36.2 Å². The van der Waals surface area contributed by atoms with Crippen LogP contribution < -0.4 is 15.5 Å². The standard InChI is InChI=1S/C34H50ClN5O5/c1-26-37-31(24-27-8-14-30(15-9-27)39-18-5-6-19-39)34(43)40(26)25-32(41)38-29-12-10-28(11-13-29)33(42)36-17-21-45-23-22-44-20-7-3-2-4-16-35/h8-9,14-15,24,28-29H,2-7,10-13,16-23,25H2,1H3,(H,36,42)(H,38,41)/b31-24-. The topological polar surface area (TPSA) is 113 Å². The molecular formula is C34H50ClN5O5. The van der Waals surface area contributed by atoms with Gasteiger partial charge in [-0.15, -0.1) is 11.6 Å². The normalized spacial score (nSPS) is 21.0. The molecule has 2 heterocycles. The van der Waals surface area contributed by atoms with E-state index in [1.165, 1.54) is 23.4 Å². The van der Waals surface area contributed by atoms with Crippen LogP contribution in [0.5, 0.6) is 0 Å². The molecule has 0 bridgehead atoms. The third-order valence-electron chi connectivity index (χ3n) is 8.66. The van der Waals surface area contributed by atoms with Crippen molar-refractivity contribution >= 4 is 46.9 Å². The highest BCUT2D eigenvalue weighted by molar-refractivity contribution is 6.17. The van der Waals surface area contributed by atoms with E-state index in [1.807, 2.05) is 12.1 Å². The van der Waals surface area contributed by atoms with Crippen molar-refractivity contribution in [2.75, 3.05) is 63.4 Å². The minimum atomic E-state index is -0.267. The monoisotopic (exact) mass is 643 g/mol. The van der Waals surface area contributed by atoms with Crippen LogP contribution in [0.1, 0.15) is 76.7 Å². The van der Waals surface area contributed by atoms with Gasteiger partial charge in [-0.1, -0.05) is 25.0 Å². The van der Waals surface area contributed by atoms with Gasteiger partial charge in [0.2, 0.25) is 11.8 Å². The van der Waals surface area contributed by atoms with E-state index < -0.39 is 0 Å². The van der Waals surface area contributed by atoms with Crippen LogP contribution in [0.25, 0.3) is 6.08 Å². The molecular weight excluding hydrogens is 594 g/mol. The Morgan fingerprint density at radius 2 is 1.64 bits per heavy atom. The van der Waals surface area contributed by atoms with Crippen LogP contribution in [-0.4, -0.2) is 93.0 Å². The molecule has 1 aromatic carbocycles. The number of anilines is 1. The highest BCUT2D eigenvalue weighted by Crippen LogP contribution is 2.25. The molecule has 0 radical (unpaired) electrons. The molecule has 3 aliphatic rings. The number of amidine groups is 1. The van der Waals surface area contributed by atoms with Crippen LogP contribution in [0, 0.1) is 5.92 Å². The van der Waals surface area contributed by atoms with Crippen LogP contribution in [0.4, 0.5) is 5.69 Å². The molecule has 11 heteroatoms. The first kappa shape index (κ1) is 34.9. The zero-order valence-corrected chi connectivity index (χ0v) is 27.5. The van der Waals surface area contributed by atoms with Crippen molar-refractivity contribution in [1.82, 2.24) is 15.5 Å². The number of amides is 3. The van der Waals surface area contributed by atoms with Gasteiger partial charge in [-0.2, -0.15) is 0 Å². The number of carbonyl (C=O) groups is 3. The van der Waals surface area contributed by atoms with Gasteiger partial charge in [0.1, 0.15) is 18.1 Å². The fraction of sp³-hybridized carbons (Fsp3) is 0.647. The SMILES string of the molecule is CC1=N/C(=C\c2ccc(N3CCCC3)cc2)C(=O)N1CC(=O)NC1CCC(C(=O)NCCOCCOCCCCCCCl)CC1. The summed E-state index contributed by atoms with van der Waals surface area (Å²) in [5, 5.41) is 6.02. The first-order chi connectivity index (χ1) is 21.9. The maximum Gasteiger partial charge on any atom is 0.278 e. The van der Waals surface area contributed by atoms with E-state index in [0.717, 1.165) is 69.7 Å². The number of alkyl halides is 1. The summed E-state index contributed by atoms with van der Waals surface area (Å²) < 4.78 is 11.1. The largest absolute Gasteiger partial charge is 0.379 e.